The van der Waals surface area contributed by atoms with E-state index in [1.165, 1.54) is 15.4 Å². The summed E-state index contributed by atoms with van der Waals surface area (Å²) < 4.78 is 8.52. The van der Waals surface area contributed by atoms with Crippen LogP contribution in [0.4, 0.5) is 0 Å². The fourth-order valence-electron chi connectivity index (χ4n) is 3.32. The lowest BCUT2D eigenvalue weighted by molar-refractivity contribution is -0.0325. The summed E-state index contributed by atoms with van der Waals surface area (Å²) in [7, 11) is 0. The Labute approximate surface area is 153 Å². The molecule has 27 heavy (non-hydrogen) atoms. The van der Waals surface area contributed by atoms with Crippen LogP contribution in [0, 0.1) is 6.92 Å². The maximum absolute atomic E-state index is 12.1. The second kappa shape index (κ2) is 7.45. The Morgan fingerprint density at radius 3 is 2.81 bits per heavy atom. The fourth-order valence-corrected chi connectivity index (χ4v) is 3.32. The largest absolute Gasteiger partial charge is 0.476 e. The van der Waals surface area contributed by atoms with Crippen molar-refractivity contribution in [3.63, 3.8) is 0 Å². The van der Waals surface area contributed by atoms with Crippen LogP contribution >= 0.6 is 0 Å². The van der Waals surface area contributed by atoms with Gasteiger partial charge >= 0.3 is 11.7 Å². The number of aliphatic hydroxyl groups is 1. The molecule has 0 unspecified atom stereocenters. The molecule has 3 N–H and O–H groups in total. The number of nitrogens with one attached hydrogen (secondary N) is 1. The van der Waals surface area contributed by atoms with Crippen LogP contribution in [0.25, 0.3) is 0 Å². The van der Waals surface area contributed by atoms with Gasteiger partial charge in [0.15, 0.2) is 5.69 Å². The number of carbonyl (C=O) groups is 1. The van der Waals surface area contributed by atoms with E-state index in [0.29, 0.717) is 24.1 Å². The second-order valence-electron chi connectivity index (χ2n) is 6.48. The SMILES string of the molecule is CCCc1c(C(=O)O)nnn1[C@H]1C[C@H](n2cc(C)c(=O)[nH]c2=O)O[C@@H]1CO. The Hall–Kier alpha value is -2.79. The summed E-state index contributed by atoms with van der Waals surface area (Å²) >= 11 is 0. The van der Waals surface area contributed by atoms with Crippen molar-refractivity contribution < 1.29 is 19.7 Å². The number of carboxylic acids is 1. The molecule has 0 spiro atoms. The molecule has 1 aliphatic rings. The first kappa shape index (κ1) is 19.0. The minimum absolute atomic E-state index is 0.131. The van der Waals surface area contributed by atoms with Crippen molar-refractivity contribution in [1.82, 2.24) is 24.5 Å². The van der Waals surface area contributed by atoms with Crippen molar-refractivity contribution in [3.05, 3.63) is 44.0 Å². The van der Waals surface area contributed by atoms with E-state index in [-0.39, 0.29) is 18.7 Å². The van der Waals surface area contributed by atoms with E-state index in [0.717, 1.165) is 0 Å². The van der Waals surface area contributed by atoms with E-state index >= 15 is 0 Å². The van der Waals surface area contributed by atoms with Gasteiger partial charge in [-0.05, 0) is 13.3 Å². The van der Waals surface area contributed by atoms with Gasteiger partial charge in [-0.1, -0.05) is 18.6 Å². The number of aromatic carboxylic acids is 1. The standard InChI is InChI=1S/C16H21N5O6/c1-3-4-9-13(15(24)25)18-19-21(9)10-5-12(27-11(10)7-22)20-6-8(2)14(23)17-16(20)26/h6,10-12,22H,3-5,7H2,1-2H3,(H,24,25)(H,17,23,26)/t10-,11+,12+/m0/s1. The number of aromatic amines is 1. The van der Waals surface area contributed by atoms with Gasteiger partial charge in [0.05, 0.1) is 18.3 Å². The Morgan fingerprint density at radius 2 is 2.19 bits per heavy atom. The van der Waals surface area contributed by atoms with Crippen molar-refractivity contribution in [2.45, 2.75) is 51.5 Å². The number of hydrogen-bond acceptors (Lipinski definition) is 7. The molecule has 2 aromatic heterocycles. The van der Waals surface area contributed by atoms with E-state index < -0.39 is 35.6 Å². The molecular formula is C16H21N5O6. The summed E-state index contributed by atoms with van der Waals surface area (Å²) in [6.07, 6.45) is 1.36. The van der Waals surface area contributed by atoms with Crippen LogP contribution in [0.15, 0.2) is 15.8 Å². The highest BCUT2D eigenvalue weighted by Crippen LogP contribution is 2.36. The topological polar surface area (TPSA) is 152 Å². The van der Waals surface area contributed by atoms with Crippen molar-refractivity contribution >= 4 is 5.97 Å². The average Bonchev–Trinajstić information content (AvgIpc) is 3.22. The Morgan fingerprint density at radius 1 is 1.44 bits per heavy atom. The minimum atomic E-state index is -1.17. The van der Waals surface area contributed by atoms with Crippen molar-refractivity contribution in [2.75, 3.05) is 6.61 Å². The molecule has 0 aromatic carbocycles. The zero-order valence-corrected chi connectivity index (χ0v) is 15.0. The molecule has 11 heteroatoms. The van der Waals surface area contributed by atoms with E-state index in [1.54, 1.807) is 6.92 Å². The first-order valence-electron chi connectivity index (χ1n) is 8.63. The Bertz CT molecular complexity index is 961. The van der Waals surface area contributed by atoms with Gasteiger partial charge in [0.1, 0.15) is 12.3 Å². The molecule has 1 aliphatic heterocycles. The smallest absolute Gasteiger partial charge is 0.358 e. The molecule has 0 radical (unpaired) electrons. The number of aliphatic hydroxyl groups excluding tert-OH is 1. The molecule has 3 atom stereocenters. The molecule has 11 nitrogen and oxygen atoms in total. The van der Waals surface area contributed by atoms with E-state index in [9.17, 15) is 24.6 Å². The van der Waals surface area contributed by atoms with Crippen molar-refractivity contribution in [2.24, 2.45) is 0 Å². The molecule has 3 rings (SSSR count). The second-order valence-corrected chi connectivity index (χ2v) is 6.48. The number of carboxylic acid groups (broad SMARTS) is 1. The van der Waals surface area contributed by atoms with Crippen LogP contribution in [0.2, 0.25) is 0 Å². The highest BCUT2D eigenvalue weighted by atomic mass is 16.5. The average molecular weight is 379 g/mol. The Balaban J connectivity index is 1.99. The zero-order valence-electron chi connectivity index (χ0n) is 15.0. The molecule has 2 aromatic rings. The fraction of sp³-hybridized carbons (Fsp3) is 0.562. The predicted molar refractivity (Wildman–Crippen MR) is 91.7 cm³/mol. The van der Waals surface area contributed by atoms with Crippen molar-refractivity contribution in [1.29, 1.82) is 0 Å². The number of hydrogen-bond donors (Lipinski definition) is 3. The van der Waals surface area contributed by atoms with Crippen LogP contribution < -0.4 is 11.2 Å². The van der Waals surface area contributed by atoms with E-state index in [2.05, 4.69) is 15.3 Å². The zero-order chi connectivity index (χ0) is 19.7. The van der Waals surface area contributed by atoms with Gasteiger partial charge in [0.2, 0.25) is 0 Å². The van der Waals surface area contributed by atoms with Crippen LogP contribution in [0.1, 0.15) is 53.8 Å². The molecule has 0 saturated carbocycles. The molecule has 1 fully saturated rings. The highest BCUT2D eigenvalue weighted by Gasteiger charge is 2.40. The molecule has 0 aliphatic carbocycles. The Kier molecular flexibility index (Phi) is 5.24. The number of nitrogens with zero attached hydrogens (tertiary/aromatic N) is 4. The summed E-state index contributed by atoms with van der Waals surface area (Å²) in [5.41, 5.74) is -0.428. The lowest BCUT2D eigenvalue weighted by Gasteiger charge is -2.18. The van der Waals surface area contributed by atoms with E-state index in [4.69, 9.17) is 4.74 Å². The maximum Gasteiger partial charge on any atom is 0.358 e. The first-order chi connectivity index (χ1) is 12.9. The summed E-state index contributed by atoms with van der Waals surface area (Å²) in [4.78, 5) is 37.3. The molecule has 146 valence electrons. The molecule has 1 saturated heterocycles. The third-order valence-corrected chi connectivity index (χ3v) is 4.63. The predicted octanol–water partition coefficient (Wildman–Crippen LogP) is -0.392. The van der Waals surface area contributed by atoms with Gasteiger partial charge < -0.3 is 14.9 Å². The van der Waals surface area contributed by atoms with Crippen LogP contribution in [-0.2, 0) is 11.2 Å². The molecule has 0 bridgehead atoms. The van der Waals surface area contributed by atoms with Gasteiger partial charge in [0, 0.05) is 18.2 Å². The molecule has 3 heterocycles. The number of rotatable bonds is 6. The number of aromatic nitrogens is 5. The van der Waals surface area contributed by atoms with Gasteiger partial charge in [-0.2, -0.15) is 0 Å². The summed E-state index contributed by atoms with van der Waals surface area (Å²) in [5, 5.41) is 26.8. The monoisotopic (exact) mass is 379 g/mol. The minimum Gasteiger partial charge on any atom is -0.476 e. The first-order valence-corrected chi connectivity index (χ1v) is 8.63. The van der Waals surface area contributed by atoms with Crippen LogP contribution in [0.5, 0.6) is 0 Å². The summed E-state index contributed by atoms with van der Waals surface area (Å²) in [6.45, 7) is 3.13. The third kappa shape index (κ3) is 3.43. The van der Waals surface area contributed by atoms with Gasteiger partial charge in [-0.3, -0.25) is 14.3 Å². The normalized spacial score (nSPS) is 22.3. The quantitative estimate of drug-likeness (QED) is 0.613. The summed E-state index contributed by atoms with van der Waals surface area (Å²) in [5.74, 6) is -1.17. The van der Waals surface area contributed by atoms with Gasteiger partial charge in [0.25, 0.3) is 5.56 Å². The van der Waals surface area contributed by atoms with Gasteiger partial charge in [-0.15, -0.1) is 5.10 Å². The van der Waals surface area contributed by atoms with Crippen molar-refractivity contribution in [3.8, 4) is 0 Å². The van der Waals surface area contributed by atoms with E-state index in [1.807, 2.05) is 6.92 Å². The third-order valence-electron chi connectivity index (χ3n) is 4.63. The summed E-state index contributed by atoms with van der Waals surface area (Å²) in [6, 6.07) is -0.499. The highest BCUT2D eigenvalue weighted by molar-refractivity contribution is 5.86. The van der Waals surface area contributed by atoms with Crippen LogP contribution in [0.3, 0.4) is 0 Å². The number of H-pyrrole nitrogens is 1. The van der Waals surface area contributed by atoms with Gasteiger partial charge in [-0.25, -0.2) is 14.3 Å². The van der Waals surface area contributed by atoms with Crippen LogP contribution in [-0.4, -0.2) is 53.4 Å². The number of aryl methyl sites for hydroxylation is 1. The maximum atomic E-state index is 12.1. The molecule has 0 amide bonds. The number of ether oxygens (including phenoxy) is 1. The molecular weight excluding hydrogens is 358 g/mol. The lowest BCUT2D eigenvalue weighted by atomic mass is 10.1. The lowest BCUT2D eigenvalue weighted by Crippen LogP contribution is -2.33.